The summed E-state index contributed by atoms with van der Waals surface area (Å²) >= 11 is 0. The van der Waals surface area contributed by atoms with Crippen molar-refractivity contribution in [3.05, 3.63) is 0 Å². The normalized spacial score (nSPS) is 12.1. The van der Waals surface area contributed by atoms with Gasteiger partial charge in [0, 0.05) is 25.7 Å². The molecule has 0 amide bonds. The van der Waals surface area contributed by atoms with Crippen molar-refractivity contribution >= 4 is 23.9 Å². The summed E-state index contributed by atoms with van der Waals surface area (Å²) in [5, 5.41) is 17.0. The van der Waals surface area contributed by atoms with Crippen LogP contribution in [-0.2, 0) is 28.7 Å². The van der Waals surface area contributed by atoms with E-state index in [4.69, 9.17) is 19.7 Å². The minimum absolute atomic E-state index is 0.0687. The molecule has 8 heteroatoms. The van der Waals surface area contributed by atoms with Crippen molar-refractivity contribution in [1.29, 1.82) is 0 Å². The van der Waals surface area contributed by atoms with Crippen LogP contribution in [0.3, 0.4) is 0 Å². The van der Waals surface area contributed by atoms with E-state index in [0.29, 0.717) is 37.9 Å². The molecule has 0 saturated carbocycles. The highest BCUT2D eigenvalue weighted by atomic mass is 16.5. The predicted octanol–water partition coefficient (Wildman–Crippen LogP) is 9.90. The van der Waals surface area contributed by atoms with Crippen LogP contribution in [-0.4, -0.2) is 47.3 Å². The zero-order chi connectivity index (χ0) is 33.3. The first-order valence-electron chi connectivity index (χ1n) is 17.9. The van der Waals surface area contributed by atoms with E-state index in [9.17, 15) is 19.2 Å². The minimum Gasteiger partial charge on any atom is -0.481 e. The zero-order valence-electron chi connectivity index (χ0n) is 28.9. The Morgan fingerprint density at radius 2 is 0.750 bits per heavy atom. The van der Waals surface area contributed by atoms with Crippen LogP contribution < -0.4 is 0 Å². The van der Waals surface area contributed by atoms with Crippen LogP contribution in [0.5, 0.6) is 0 Å². The van der Waals surface area contributed by atoms with Gasteiger partial charge in [-0.05, 0) is 50.4 Å². The Morgan fingerprint density at radius 3 is 1.02 bits per heavy atom. The summed E-state index contributed by atoms with van der Waals surface area (Å²) in [5.41, 5.74) is 0. The van der Waals surface area contributed by atoms with Crippen molar-refractivity contribution in [2.75, 3.05) is 13.2 Å². The third-order valence-electron chi connectivity index (χ3n) is 8.09. The molecule has 0 aliphatic rings. The quantitative estimate of drug-likeness (QED) is 0.0594. The molecule has 0 heterocycles. The van der Waals surface area contributed by atoms with E-state index in [0.717, 1.165) is 103 Å². The number of rotatable bonds is 30. The largest absolute Gasteiger partial charge is 0.481 e. The van der Waals surface area contributed by atoms with Gasteiger partial charge in [0.1, 0.15) is 0 Å². The van der Waals surface area contributed by atoms with E-state index < -0.39 is 11.9 Å². The van der Waals surface area contributed by atoms with Crippen molar-refractivity contribution in [2.45, 2.75) is 182 Å². The molecule has 0 fully saturated rings. The highest BCUT2D eigenvalue weighted by Gasteiger charge is 2.11. The number of carbonyl (C=O) groups excluding carboxylic acids is 2. The standard InChI is InChI=1S/2C18H34O4/c2*1-3-5-12-16(4-2)15-22-18(21)14-11-9-7-6-8-10-13-17(19)20/h2*16H,3-15H2,1-2H3,(H,19,20). The monoisotopic (exact) mass is 628 g/mol. The lowest BCUT2D eigenvalue weighted by molar-refractivity contribution is -0.146. The summed E-state index contributed by atoms with van der Waals surface area (Å²) in [6.07, 6.45) is 22.3. The topological polar surface area (TPSA) is 127 Å². The van der Waals surface area contributed by atoms with Gasteiger partial charge in [0.05, 0.1) is 13.2 Å². The van der Waals surface area contributed by atoms with Gasteiger partial charge < -0.3 is 19.7 Å². The number of hydrogen-bond donors (Lipinski definition) is 2. The highest BCUT2D eigenvalue weighted by Crippen LogP contribution is 2.15. The summed E-state index contributed by atoms with van der Waals surface area (Å²) in [6.45, 7) is 9.81. The van der Waals surface area contributed by atoms with Crippen molar-refractivity contribution in [3.8, 4) is 0 Å². The lowest BCUT2D eigenvalue weighted by atomic mass is 10.0. The van der Waals surface area contributed by atoms with Crippen LogP contribution >= 0.6 is 0 Å². The Balaban J connectivity index is 0. The molecule has 0 aromatic carbocycles. The summed E-state index contributed by atoms with van der Waals surface area (Å²) < 4.78 is 10.7. The summed E-state index contributed by atoms with van der Waals surface area (Å²) in [6, 6.07) is 0. The molecular formula is C36H68O8. The molecule has 44 heavy (non-hydrogen) atoms. The van der Waals surface area contributed by atoms with Crippen molar-refractivity contribution in [1.82, 2.24) is 0 Å². The predicted molar refractivity (Wildman–Crippen MR) is 178 cm³/mol. The summed E-state index contributed by atoms with van der Waals surface area (Å²) in [4.78, 5) is 44.0. The van der Waals surface area contributed by atoms with E-state index in [1.165, 1.54) is 25.7 Å². The van der Waals surface area contributed by atoms with Crippen LogP contribution in [0.25, 0.3) is 0 Å². The summed E-state index contributed by atoms with van der Waals surface area (Å²) in [5.74, 6) is -0.544. The van der Waals surface area contributed by atoms with Gasteiger partial charge >= 0.3 is 23.9 Å². The second kappa shape index (κ2) is 33.8. The van der Waals surface area contributed by atoms with Crippen molar-refractivity contribution < 1.29 is 38.9 Å². The Labute approximate surface area is 269 Å². The van der Waals surface area contributed by atoms with Crippen LogP contribution in [0.2, 0.25) is 0 Å². The van der Waals surface area contributed by atoms with Gasteiger partial charge in [-0.25, -0.2) is 0 Å². The van der Waals surface area contributed by atoms with E-state index in [-0.39, 0.29) is 24.8 Å². The van der Waals surface area contributed by atoms with Crippen LogP contribution in [0.1, 0.15) is 182 Å². The van der Waals surface area contributed by atoms with Gasteiger partial charge in [0.2, 0.25) is 0 Å². The van der Waals surface area contributed by atoms with Gasteiger partial charge in [-0.1, -0.05) is 118 Å². The minimum atomic E-state index is -0.716. The fourth-order valence-electron chi connectivity index (χ4n) is 4.87. The van der Waals surface area contributed by atoms with Crippen LogP contribution in [0.4, 0.5) is 0 Å². The SMILES string of the molecule is CCCCC(CC)COC(=O)CCCCCCCCC(=O)O.CCCCC(CC)COC(=O)CCCCCCCCC(=O)O. The molecule has 0 aliphatic carbocycles. The molecule has 0 saturated heterocycles. The molecule has 260 valence electrons. The molecule has 0 spiro atoms. The molecule has 2 N–H and O–H groups in total. The van der Waals surface area contributed by atoms with E-state index >= 15 is 0 Å². The number of carbonyl (C=O) groups is 4. The second-order valence-electron chi connectivity index (χ2n) is 12.2. The van der Waals surface area contributed by atoms with Gasteiger partial charge in [-0.2, -0.15) is 0 Å². The van der Waals surface area contributed by atoms with Crippen LogP contribution in [0, 0.1) is 11.8 Å². The number of esters is 2. The van der Waals surface area contributed by atoms with E-state index in [2.05, 4.69) is 27.7 Å². The van der Waals surface area contributed by atoms with Crippen LogP contribution in [0.15, 0.2) is 0 Å². The number of carboxylic acids is 2. The molecule has 0 rings (SSSR count). The highest BCUT2D eigenvalue weighted by molar-refractivity contribution is 5.69. The Hall–Kier alpha value is -2.12. The maximum absolute atomic E-state index is 11.7. The average Bonchev–Trinajstić information content (AvgIpc) is 3.00. The molecule has 0 aliphatic heterocycles. The molecule has 0 bridgehead atoms. The van der Waals surface area contributed by atoms with E-state index in [1.54, 1.807) is 0 Å². The Kier molecular flexibility index (Phi) is 33.8. The maximum Gasteiger partial charge on any atom is 0.305 e. The number of carboxylic acid groups (broad SMARTS) is 2. The molecular weight excluding hydrogens is 560 g/mol. The number of aliphatic carboxylic acids is 2. The number of hydrogen-bond acceptors (Lipinski definition) is 6. The molecule has 8 nitrogen and oxygen atoms in total. The Bertz CT molecular complexity index is 636. The molecule has 2 unspecified atom stereocenters. The van der Waals surface area contributed by atoms with Gasteiger partial charge in [0.15, 0.2) is 0 Å². The molecule has 0 aromatic rings. The fraction of sp³-hybridized carbons (Fsp3) is 0.889. The molecule has 0 radical (unpaired) electrons. The lowest BCUT2D eigenvalue weighted by Gasteiger charge is -2.14. The molecule has 0 aromatic heterocycles. The third-order valence-corrected chi connectivity index (χ3v) is 8.09. The van der Waals surface area contributed by atoms with Gasteiger partial charge in [-0.3, -0.25) is 19.2 Å². The first kappa shape index (κ1) is 44.0. The maximum atomic E-state index is 11.7. The van der Waals surface area contributed by atoms with Crippen molar-refractivity contribution in [3.63, 3.8) is 0 Å². The Morgan fingerprint density at radius 1 is 0.455 bits per heavy atom. The lowest BCUT2D eigenvalue weighted by Crippen LogP contribution is -2.13. The van der Waals surface area contributed by atoms with Gasteiger partial charge in [0.25, 0.3) is 0 Å². The zero-order valence-corrected chi connectivity index (χ0v) is 28.9. The van der Waals surface area contributed by atoms with Crippen molar-refractivity contribution in [2.24, 2.45) is 11.8 Å². The molecule has 2 atom stereocenters. The third kappa shape index (κ3) is 34.4. The van der Waals surface area contributed by atoms with Gasteiger partial charge in [-0.15, -0.1) is 0 Å². The first-order chi connectivity index (χ1) is 21.2. The number of ether oxygens (including phenoxy) is 2. The smallest absolute Gasteiger partial charge is 0.305 e. The summed E-state index contributed by atoms with van der Waals surface area (Å²) in [7, 11) is 0. The fourth-order valence-corrected chi connectivity index (χ4v) is 4.87. The second-order valence-corrected chi connectivity index (χ2v) is 12.2. The average molecular weight is 629 g/mol. The van der Waals surface area contributed by atoms with E-state index in [1.807, 2.05) is 0 Å². The number of unbranched alkanes of at least 4 members (excludes halogenated alkanes) is 12. The first-order valence-corrected chi connectivity index (χ1v) is 17.9.